The zero-order chi connectivity index (χ0) is 6.43. The molecule has 1 N–H and O–H groups in total. The van der Waals surface area contributed by atoms with Gasteiger partial charge >= 0.3 is 5.97 Å². The van der Waals surface area contributed by atoms with Crippen LogP contribution in [0.3, 0.4) is 0 Å². The summed E-state index contributed by atoms with van der Waals surface area (Å²) in [4.78, 5) is 10.3. The van der Waals surface area contributed by atoms with Gasteiger partial charge in [0, 0.05) is 5.57 Å². The van der Waals surface area contributed by atoms with E-state index in [1.807, 2.05) is 6.08 Å². The highest BCUT2D eigenvalue weighted by molar-refractivity contribution is 5.87. The van der Waals surface area contributed by atoms with Gasteiger partial charge in [-0.2, -0.15) is 0 Å². The lowest BCUT2D eigenvalue weighted by Gasteiger charge is -1.91. The number of allylic oxidation sites excluding steroid dienone is 1. The molecule has 2 aliphatic carbocycles. The van der Waals surface area contributed by atoms with Crippen LogP contribution in [-0.4, -0.2) is 11.1 Å². The lowest BCUT2D eigenvalue weighted by molar-refractivity contribution is -0.132. The molecule has 2 nitrogen and oxygen atoms in total. The van der Waals surface area contributed by atoms with E-state index in [0.717, 1.165) is 6.42 Å². The first kappa shape index (κ1) is 5.03. The number of hydrogen-bond acceptors (Lipinski definition) is 1. The molecule has 1 fully saturated rings. The van der Waals surface area contributed by atoms with Gasteiger partial charge in [0.1, 0.15) is 0 Å². The Balaban J connectivity index is 2.15. The fraction of sp³-hybridized carbons (Fsp3) is 0.571. The van der Waals surface area contributed by atoms with Crippen molar-refractivity contribution in [3.63, 3.8) is 0 Å². The second-order valence-corrected chi connectivity index (χ2v) is 2.86. The predicted octanol–water partition coefficient (Wildman–Crippen LogP) is 1.04. The molecule has 2 atom stereocenters. The van der Waals surface area contributed by atoms with Crippen molar-refractivity contribution in [2.24, 2.45) is 11.8 Å². The van der Waals surface area contributed by atoms with Crippen LogP contribution in [0.2, 0.25) is 0 Å². The first-order valence-electron chi connectivity index (χ1n) is 3.21. The molecule has 2 rings (SSSR count). The molecule has 0 aromatic carbocycles. The summed E-state index contributed by atoms with van der Waals surface area (Å²) >= 11 is 0. The van der Waals surface area contributed by atoms with Crippen LogP contribution in [0.15, 0.2) is 11.6 Å². The Labute approximate surface area is 53.2 Å². The Morgan fingerprint density at radius 2 is 2.56 bits per heavy atom. The van der Waals surface area contributed by atoms with Crippen molar-refractivity contribution < 1.29 is 9.90 Å². The number of carboxylic acids is 1. The molecule has 2 heteroatoms. The van der Waals surface area contributed by atoms with Crippen molar-refractivity contribution in [3.8, 4) is 0 Å². The van der Waals surface area contributed by atoms with Crippen LogP contribution in [-0.2, 0) is 4.79 Å². The molecule has 0 heterocycles. The molecule has 0 saturated heterocycles. The molecule has 2 unspecified atom stereocenters. The molecule has 0 aliphatic heterocycles. The van der Waals surface area contributed by atoms with Crippen molar-refractivity contribution >= 4 is 5.97 Å². The van der Waals surface area contributed by atoms with Gasteiger partial charge in [-0.15, -0.1) is 0 Å². The van der Waals surface area contributed by atoms with Crippen LogP contribution in [0.1, 0.15) is 12.8 Å². The van der Waals surface area contributed by atoms with Gasteiger partial charge in [-0.3, -0.25) is 0 Å². The third-order valence-corrected chi connectivity index (χ3v) is 2.15. The number of rotatable bonds is 1. The Bertz CT molecular complexity index is 193. The van der Waals surface area contributed by atoms with Crippen LogP contribution < -0.4 is 0 Å². The van der Waals surface area contributed by atoms with E-state index < -0.39 is 5.97 Å². The Morgan fingerprint density at radius 1 is 1.78 bits per heavy atom. The number of fused-ring (bicyclic) bond motifs is 1. The van der Waals surface area contributed by atoms with E-state index in [1.54, 1.807) is 0 Å². The fourth-order valence-electron chi connectivity index (χ4n) is 1.48. The molecule has 0 aromatic rings. The Morgan fingerprint density at radius 3 is 2.89 bits per heavy atom. The second-order valence-electron chi connectivity index (χ2n) is 2.86. The van der Waals surface area contributed by atoms with E-state index in [-0.39, 0.29) is 0 Å². The van der Waals surface area contributed by atoms with Gasteiger partial charge in [0.15, 0.2) is 0 Å². The van der Waals surface area contributed by atoms with Crippen LogP contribution in [0.4, 0.5) is 0 Å². The van der Waals surface area contributed by atoms with E-state index in [0.29, 0.717) is 17.4 Å². The van der Waals surface area contributed by atoms with E-state index in [4.69, 9.17) is 5.11 Å². The Hall–Kier alpha value is -0.790. The summed E-state index contributed by atoms with van der Waals surface area (Å²) in [5.74, 6) is 0.620. The van der Waals surface area contributed by atoms with Gasteiger partial charge in [-0.25, -0.2) is 4.79 Å². The lowest BCUT2D eigenvalue weighted by atomic mass is 10.2. The highest BCUT2D eigenvalue weighted by Gasteiger charge is 2.42. The van der Waals surface area contributed by atoms with Crippen molar-refractivity contribution in [1.29, 1.82) is 0 Å². The van der Waals surface area contributed by atoms with Gasteiger partial charge in [-0.1, -0.05) is 6.08 Å². The topological polar surface area (TPSA) is 37.3 Å². The number of aliphatic carboxylic acids is 1. The minimum atomic E-state index is -0.720. The smallest absolute Gasteiger partial charge is 0.331 e. The maximum absolute atomic E-state index is 10.3. The minimum absolute atomic E-state index is 0.635. The van der Waals surface area contributed by atoms with E-state index in [2.05, 4.69) is 0 Å². The normalized spacial score (nSPS) is 37.6. The minimum Gasteiger partial charge on any atom is -0.478 e. The lowest BCUT2D eigenvalue weighted by Crippen LogP contribution is -1.98. The van der Waals surface area contributed by atoms with Gasteiger partial charge < -0.3 is 5.11 Å². The van der Waals surface area contributed by atoms with Crippen molar-refractivity contribution in [2.45, 2.75) is 12.8 Å². The number of carbonyl (C=O) groups is 1. The van der Waals surface area contributed by atoms with Gasteiger partial charge in [0.2, 0.25) is 0 Å². The first-order chi connectivity index (χ1) is 4.27. The van der Waals surface area contributed by atoms with Gasteiger partial charge in [0.05, 0.1) is 0 Å². The molecule has 48 valence electrons. The van der Waals surface area contributed by atoms with E-state index >= 15 is 0 Å². The summed E-state index contributed by atoms with van der Waals surface area (Å²) < 4.78 is 0. The standard InChI is InChI=1S/C7H8O2/c8-7(9)6-2-4-1-5(4)3-6/h2,4-5H,1,3H2,(H,8,9). The highest BCUT2D eigenvalue weighted by Crippen LogP contribution is 2.50. The number of hydrogen-bond donors (Lipinski definition) is 1. The predicted molar refractivity (Wildman–Crippen MR) is 31.9 cm³/mol. The molecule has 0 amide bonds. The summed E-state index contributed by atoms with van der Waals surface area (Å²) in [7, 11) is 0. The monoisotopic (exact) mass is 124 g/mol. The molecular weight excluding hydrogens is 116 g/mol. The van der Waals surface area contributed by atoms with E-state index in [9.17, 15) is 4.79 Å². The summed E-state index contributed by atoms with van der Waals surface area (Å²) in [5, 5.41) is 8.48. The molecule has 0 spiro atoms. The largest absolute Gasteiger partial charge is 0.478 e. The molecule has 0 bridgehead atoms. The SMILES string of the molecule is O=C(O)C1=CC2CC2C1. The van der Waals surface area contributed by atoms with Gasteiger partial charge in [-0.05, 0) is 24.7 Å². The van der Waals surface area contributed by atoms with Crippen molar-refractivity contribution in [2.75, 3.05) is 0 Å². The molecule has 2 aliphatic rings. The summed E-state index contributed by atoms with van der Waals surface area (Å²) in [6.07, 6.45) is 3.96. The van der Waals surface area contributed by atoms with Crippen molar-refractivity contribution in [1.82, 2.24) is 0 Å². The number of carboxylic acid groups (broad SMARTS) is 1. The third-order valence-electron chi connectivity index (χ3n) is 2.15. The average Bonchev–Trinajstić information content (AvgIpc) is 2.40. The molecular formula is C7H8O2. The average molecular weight is 124 g/mol. The molecule has 1 saturated carbocycles. The van der Waals surface area contributed by atoms with Crippen LogP contribution in [0.25, 0.3) is 0 Å². The second kappa shape index (κ2) is 1.38. The molecule has 0 aromatic heterocycles. The summed E-state index contributed by atoms with van der Waals surface area (Å²) in [6.45, 7) is 0. The first-order valence-corrected chi connectivity index (χ1v) is 3.21. The van der Waals surface area contributed by atoms with Crippen LogP contribution in [0.5, 0.6) is 0 Å². The third kappa shape index (κ3) is 0.661. The van der Waals surface area contributed by atoms with Crippen LogP contribution >= 0.6 is 0 Å². The maximum Gasteiger partial charge on any atom is 0.331 e. The quantitative estimate of drug-likeness (QED) is 0.567. The maximum atomic E-state index is 10.3. The zero-order valence-electron chi connectivity index (χ0n) is 5.00. The highest BCUT2D eigenvalue weighted by atomic mass is 16.4. The summed E-state index contributed by atoms with van der Waals surface area (Å²) in [5.41, 5.74) is 0.635. The molecule has 9 heavy (non-hydrogen) atoms. The van der Waals surface area contributed by atoms with Crippen molar-refractivity contribution in [3.05, 3.63) is 11.6 Å². The molecule has 0 radical (unpaired) electrons. The zero-order valence-corrected chi connectivity index (χ0v) is 5.00. The van der Waals surface area contributed by atoms with E-state index in [1.165, 1.54) is 6.42 Å². The summed E-state index contributed by atoms with van der Waals surface area (Å²) in [6, 6.07) is 0. The van der Waals surface area contributed by atoms with Gasteiger partial charge in [0.25, 0.3) is 0 Å². The fourth-order valence-corrected chi connectivity index (χ4v) is 1.48. The Kier molecular flexibility index (Phi) is 0.770. The van der Waals surface area contributed by atoms with Crippen LogP contribution in [0, 0.1) is 11.8 Å².